The van der Waals surface area contributed by atoms with Crippen molar-refractivity contribution in [3.63, 3.8) is 0 Å². The lowest BCUT2D eigenvalue weighted by Gasteiger charge is -2.11. The molecule has 0 unspecified atom stereocenters. The fourth-order valence-electron chi connectivity index (χ4n) is 3.05. The van der Waals surface area contributed by atoms with Gasteiger partial charge in [0, 0.05) is 24.5 Å². The molecule has 0 fully saturated rings. The smallest absolute Gasteiger partial charge is 0.321 e. The zero-order valence-electron chi connectivity index (χ0n) is 14.9. The third-order valence-corrected chi connectivity index (χ3v) is 4.42. The van der Waals surface area contributed by atoms with Gasteiger partial charge in [-0.2, -0.15) is 0 Å². The molecule has 1 amide bonds. The number of fused-ring (bicyclic) bond motifs is 1. The summed E-state index contributed by atoms with van der Waals surface area (Å²) in [4.78, 5) is 38.8. The van der Waals surface area contributed by atoms with Crippen molar-refractivity contribution in [2.75, 3.05) is 5.32 Å². The van der Waals surface area contributed by atoms with Crippen molar-refractivity contribution >= 4 is 22.4 Å². The van der Waals surface area contributed by atoms with Crippen molar-refractivity contribution < 1.29 is 9.32 Å². The molecule has 2 aromatic carbocycles. The maximum atomic E-state index is 12.8. The molecule has 4 aromatic rings. The summed E-state index contributed by atoms with van der Waals surface area (Å²) in [5.41, 5.74) is 1.42. The predicted octanol–water partition coefficient (Wildman–Crippen LogP) is 2.06. The number of hydrogen-bond donors (Lipinski definition) is 2. The van der Waals surface area contributed by atoms with Crippen LogP contribution in [0.2, 0.25) is 0 Å². The van der Waals surface area contributed by atoms with Crippen molar-refractivity contribution in [1.82, 2.24) is 14.7 Å². The molecule has 28 heavy (non-hydrogen) atoms. The standard InChI is InChI=1S/C20H16N4O4/c1-24-16(11-13-6-2-3-8-15(13)19(24)26)18(25)21-14-7-4-5-12(9-14)10-17-22-20(27)28-23-17/h2-9,11H,10H2,1H3,(H,21,25)(H,22,23,27). The second kappa shape index (κ2) is 6.99. The molecule has 0 saturated carbocycles. The van der Waals surface area contributed by atoms with Gasteiger partial charge in [0.1, 0.15) is 5.69 Å². The number of hydrogen-bond acceptors (Lipinski definition) is 5. The number of rotatable bonds is 4. The molecule has 0 spiro atoms. The first kappa shape index (κ1) is 17.5. The second-order valence-electron chi connectivity index (χ2n) is 6.35. The number of anilines is 1. The molecule has 0 radical (unpaired) electrons. The lowest BCUT2D eigenvalue weighted by Crippen LogP contribution is -2.26. The molecule has 8 heteroatoms. The average molecular weight is 376 g/mol. The Balaban J connectivity index is 1.61. The molecule has 0 aliphatic carbocycles. The number of amides is 1. The molecule has 2 N–H and O–H groups in total. The summed E-state index contributed by atoms with van der Waals surface area (Å²) in [6.07, 6.45) is 0.351. The Bertz CT molecular complexity index is 1300. The fourth-order valence-corrected chi connectivity index (χ4v) is 3.05. The molecule has 0 atom stereocenters. The fraction of sp³-hybridized carbons (Fsp3) is 0.100. The number of carbonyl (C=O) groups is 1. The maximum absolute atomic E-state index is 12.8. The first-order chi connectivity index (χ1) is 13.5. The molecule has 2 heterocycles. The van der Waals surface area contributed by atoms with E-state index in [1.54, 1.807) is 49.5 Å². The highest BCUT2D eigenvalue weighted by Crippen LogP contribution is 2.16. The van der Waals surface area contributed by atoms with E-state index in [-0.39, 0.29) is 11.3 Å². The number of benzene rings is 2. The van der Waals surface area contributed by atoms with Gasteiger partial charge in [0.05, 0.1) is 0 Å². The van der Waals surface area contributed by atoms with E-state index < -0.39 is 11.7 Å². The average Bonchev–Trinajstić information content (AvgIpc) is 3.09. The molecule has 0 saturated heterocycles. The molecular weight excluding hydrogens is 360 g/mol. The van der Waals surface area contributed by atoms with Crippen LogP contribution in [0.4, 0.5) is 5.69 Å². The number of pyridine rings is 1. The summed E-state index contributed by atoms with van der Waals surface area (Å²) in [5.74, 6) is -0.612. The quantitative estimate of drug-likeness (QED) is 0.566. The van der Waals surface area contributed by atoms with Crippen molar-refractivity contribution in [2.45, 2.75) is 6.42 Å². The molecular formula is C20H16N4O4. The van der Waals surface area contributed by atoms with Crippen LogP contribution in [0, 0.1) is 0 Å². The minimum Gasteiger partial charge on any atom is -0.321 e. The number of nitrogens with one attached hydrogen (secondary N) is 2. The summed E-state index contributed by atoms with van der Waals surface area (Å²) in [6, 6.07) is 16.0. The minimum absolute atomic E-state index is 0.230. The zero-order valence-corrected chi connectivity index (χ0v) is 14.9. The highest BCUT2D eigenvalue weighted by molar-refractivity contribution is 6.05. The summed E-state index contributed by atoms with van der Waals surface area (Å²) in [6.45, 7) is 0. The Hall–Kier alpha value is -3.94. The van der Waals surface area contributed by atoms with Crippen molar-refractivity contribution in [2.24, 2.45) is 7.05 Å². The van der Waals surface area contributed by atoms with Gasteiger partial charge in [0.15, 0.2) is 5.82 Å². The van der Waals surface area contributed by atoms with Gasteiger partial charge in [-0.25, -0.2) is 4.79 Å². The zero-order chi connectivity index (χ0) is 19.7. The van der Waals surface area contributed by atoms with Crippen molar-refractivity contribution in [3.8, 4) is 0 Å². The Kier molecular flexibility index (Phi) is 4.36. The molecule has 0 bridgehead atoms. The Labute approximate surface area is 158 Å². The number of H-pyrrole nitrogens is 1. The van der Waals surface area contributed by atoms with Gasteiger partial charge in [-0.1, -0.05) is 35.5 Å². The molecule has 140 valence electrons. The van der Waals surface area contributed by atoms with Crippen LogP contribution in [0.15, 0.2) is 68.7 Å². The van der Waals surface area contributed by atoms with Gasteiger partial charge in [0.25, 0.3) is 11.5 Å². The predicted molar refractivity (Wildman–Crippen MR) is 104 cm³/mol. The monoisotopic (exact) mass is 376 g/mol. The van der Waals surface area contributed by atoms with Crippen LogP contribution in [0.1, 0.15) is 21.9 Å². The van der Waals surface area contributed by atoms with Crippen molar-refractivity contribution in [3.05, 3.63) is 92.6 Å². The number of nitrogens with zero attached hydrogens (tertiary/aromatic N) is 2. The van der Waals surface area contributed by atoms with Gasteiger partial charge in [0.2, 0.25) is 0 Å². The summed E-state index contributed by atoms with van der Waals surface area (Å²) in [5, 5.41) is 7.71. The van der Waals surface area contributed by atoms with E-state index >= 15 is 0 Å². The second-order valence-corrected chi connectivity index (χ2v) is 6.35. The van der Waals surface area contributed by atoms with Crippen LogP contribution in [0.3, 0.4) is 0 Å². The van der Waals surface area contributed by atoms with Gasteiger partial charge in [-0.05, 0) is 35.2 Å². The van der Waals surface area contributed by atoms with Crippen LogP contribution in [-0.4, -0.2) is 20.6 Å². The van der Waals surface area contributed by atoms with Crippen LogP contribution < -0.4 is 16.6 Å². The van der Waals surface area contributed by atoms with E-state index in [2.05, 4.69) is 20.0 Å². The highest BCUT2D eigenvalue weighted by Gasteiger charge is 2.14. The largest absolute Gasteiger partial charge is 0.438 e. The third kappa shape index (κ3) is 3.35. The summed E-state index contributed by atoms with van der Waals surface area (Å²) >= 11 is 0. The number of aromatic nitrogens is 3. The van der Waals surface area contributed by atoms with E-state index in [0.717, 1.165) is 5.56 Å². The van der Waals surface area contributed by atoms with Crippen LogP contribution in [0.5, 0.6) is 0 Å². The lowest BCUT2D eigenvalue weighted by atomic mass is 10.1. The Morgan fingerprint density at radius 3 is 2.75 bits per heavy atom. The molecule has 2 aromatic heterocycles. The SMILES string of the molecule is Cn1c(C(=O)Nc2cccc(Cc3noc(=O)[nH]3)c2)cc2ccccc2c1=O. The van der Waals surface area contributed by atoms with E-state index in [9.17, 15) is 14.4 Å². The van der Waals surface area contributed by atoms with Crippen molar-refractivity contribution in [1.29, 1.82) is 0 Å². The number of carbonyl (C=O) groups excluding carboxylic acids is 1. The first-order valence-electron chi connectivity index (χ1n) is 8.55. The summed E-state index contributed by atoms with van der Waals surface area (Å²) < 4.78 is 5.82. The lowest BCUT2D eigenvalue weighted by molar-refractivity contribution is 0.101. The van der Waals surface area contributed by atoms with Crippen LogP contribution in [-0.2, 0) is 13.5 Å². The molecule has 4 rings (SSSR count). The third-order valence-electron chi connectivity index (χ3n) is 4.42. The van der Waals surface area contributed by atoms with E-state index in [1.165, 1.54) is 4.57 Å². The molecule has 8 nitrogen and oxygen atoms in total. The van der Waals surface area contributed by atoms with Crippen LogP contribution in [0.25, 0.3) is 10.8 Å². The molecule has 0 aliphatic rings. The van der Waals surface area contributed by atoms with Gasteiger partial charge < -0.3 is 9.88 Å². The van der Waals surface area contributed by atoms with Gasteiger partial charge >= 0.3 is 5.76 Å². The van der Waals surface area contributed by atoms with E-state index in [0.29, 0.717) is 28.7 Å². The minimum atomic E-state index is -0.614. The normalized spacial score (nSPS) is 10.9. The Morgan fingerprint density at radius 2 is 1.96 bits per heavy atom. The van der Waals surface area contributed by atoms with Gasteiger partial charge in [-0.3, -0.25) is 19.1 Å². The number of aromatic amines is 1. The maximum Gasteiger partial charge on any atom is 0.438 e. The van der Waals surface area contributed by atoms with Crippen LogP contribution >= 0.6 is 0 Å². The first-order valence-corrected chi connectivity index (χ1v) is 8.55. The van der Waals surface area contributed by atoms with E-state index in [4.69, 9.17) is 0 Å². The summed E-state index contributed by atoms with van der Waals surface area (Å²) in [7, 11) is 1.57. The topological polar surface area (TPSA) is 110 Å². The van der Waals surface area contributed by atoms with E-state index in [1.807, 2.05) is 12.1 Å². The molecule has 0 aliphatic heterocycles. The van der Waals surface area contributed by atoms with Gasteiger partial charge in [-0.15, -0.1) is 0 Å². The highest BCUT2D eigenvalue weighted by atomic mass is 16.5. The Morgan fingerprint density at radius 1 is 1.14 bits per heavy atom.